The number of benzene rings is 1. The zero-order valence-corrected chi connectivity index (χ0v) is 13.6. The fourth-order valence-electron chi connectivity index (χ4n) is 2.53. The van der Waals surface area contributed by atoms with Crippen molar-refractivity contribution < 1.29 is 0 Å². The Morgan fingerprint density at radius 1 is 1.45 bits per heavy atom. The summed E-state index contributed by atoms with van der Waals surface area (Å²) >= 11 is 9.67. The molecular weight excluding hydrogens is 340 g/mol. The highest BCUT2D eigenvalue weighted by Crippen LogP contribution is 2.23. The Labute approximate surface area is 131 Å². The van der Waals surface area contributed by atoms with E-state index in [1.807, 2.05) is 18.2 Å². The van der Waals surface area contributed by atoms with Gasteiger partial charge in [0.15, 0.2) is 0 Å². The molecule has 6 heteroatoms. The van der Waals surface area contributed by atoms with Gasteiger partial charge in [-0.15, -0.1) is 10.2 Å². The maximum Gasteiger partial charge on any atom is 0.149 e. The normalized spacial score (nSPS) is 15.3. The number of hydrogen-bond donors (Lipinski definition) is 1. The molecule has 2 aromatic rings. The van der Waals surface area contributed by atoms with Crippen LogP contribution >= 0.6 is 27.5 Å². The molecule has 0 aliphatic carbocycles. The smallest absolute Gasteiger partial charge is 0.149 e. The van der Waals surface area contributed by atoms with E-state index >= 15 is 0 Å². The van der Waals surface area contributed by atoms with Crippen LogP contribution in [0.4, 0.5) is 0 Å². The summed E-state index contributed by atoms with van der Waals surface area (Å²) in [6.07, 6.45) is 2.21. The minimum absolute atomic E-state index is 0.157. The van der Waals surface area contributed by atoms with E-state index in [2.05, 4.69) is 42.9 Å². The van der Waals surface area contributed by atoms with Crippen molar-refractivity contribution in [1.29, 1.82) is 0 Å². The lowest BCUT2D eigenvalue weighted by molar-refractivity contribution is 0.516. The van der Waals surface area contributed by atoms with Crippen molar-refractivity contribution in [2.45, 2.75) is 38.9 Å². The lowest BCUT2D eigenvalue weighted by Gasteiger charge is -2.14. The summed E-state index contributed by atoms with van der Waals surface area (Å²) in [4.78, 5) is 0. The van der Waals surface area contributed by atoms with Gasteiger partial charge in [0.05, 0.1) is 6.04 Å². The van der Waals surface area contributed by atoms with Gasteiger partial charge in [-0.2, -0.15) is 0 Å². The molecule has 4 nitrogen and oxygen atoms in total. The molecule has 1 N–H and O–H groups in total. The van der Waals surface area contributed by atoms with Gasteiger partial charge in [0, 0.05) is 29.0 Å². The number of halogens is 2. The highest BCUT2D eigenvalue weighted by molar-refractivity contribution is 9.10. The first-order valence-corrected chi connectivity index (χ1v) is 7.91. The molecule has 0 saturated carbocycles. The van der Waals surface area contributed by atoms with E-state index in [4.69, 9.17) is 11.6 Å². The first-order valence-electron chi connectivity index (χ1n) is 6.74. The number of fused-ring (bicyclic) bond motifs is 1. The fourth-order valence-corrected chi connectivity index (χ4v) is 3.12. The Kier molecular flexibility index (Phi) is 4.10. The molecule has 0 saturated heterocycles. The van der Waals surface area contributed by atoms with Gasteiger partial charge in [-0.3, -0.25) is 0 Å². The predicted octanol–water partition coefficient (Wildman–Crippen LogP) is 3.49. The number of aryl methyl sites for hydroxylation is 1. The second-order valence-electron chi connectivity index (χ2n) is 5.07. The predicted molar refractivity (Wildman–Crippen MR) is 82.7 cm³/mol. The van der Waals surface area contributed by atoms with Crippen LogP contribution in [0.5, 0.6) is 0 Å². The number of hydrogen-bond acceptors (Lipinski definition) is 3. The average molecular weight is 356 g/mol. The summed E-state index contributed by atoms with van der Waals surface area (Å²) < 4.78 is 3.26. The van der Waals surface area contributed by atoms with Crippen LogP contribution in [0.1, 0.15) is 36.6 Å². The molecule has 0 fully saturated rings. The third kappa shape index (κ3) is 2.75. The van der Waals surface area contributed by atoms with Crippen LogP contribution in [0.3, 0.4) is 0 Å². The minimum atomic E-state index is 0.157. The van der Waals surface area contributed by atoms with Gasteiger partial charge >= 0.3 is 0 Å². The molecule has 0 radical (unpaired) electrons. The van der Waals surface area contributed by atoms with Gasteiger partial charge in [-0.25, -0.2) is 0 Å². The Morgan fingerprint density at radius 2 is 2.30 bits per heavy atom. The Hall–Kier alpha value is -0.910. The van der Waals surface area contributed by atoms with E-state index in [0.29, 0.717) is 6.54 Å². The Balaban J connectivity index is 1.70. The largest absolute Gasteiger partial charge is 0.314 e. The lowest BCUT2D eigenvalue weighted by Crippen LogP contribution is -2.21. The summed E-state index contributed by atoms with van der Waals surface area (Å²) in [6, 6.07) is 6.04. The molecule has 1 aromatic carbocycles. The van der Waals surface area contributed by atoms with Crippen LogP contribution < -0.4 is 5.32 Å². The molecule has 1 aliphatic rings. The Bertz CT molecular complexity index is 626. The minimum Gasteiger partial charge on any atom is -0.314 e. The molecule has 1 aromatic heterocycles. The third-order valence-electron chi connectivity index (χ3n) is 3.63. The molecule has 1 aliphatic heterocycles. The summed E-state index contributed by atoms with van der Waals surface area (Å²) in [5.41, 5.74) is 1.08. The molecule has 3 rings (SSSR count). The fraction of sp³-hybridized carbons (Fsp3) is 0.429. The van der Waals surface area contributed by atoms with E-state index in [-0.39, 0.29) is 6.04 Å². The lowest BCUT2D eigenvalue weighted by atomic mass is 10.2. The van der Waals surface area contributed by atoms with Crippen molar-refractivity contribution in [3.63, 3.8) is 0 Å². The molecule has 1 atom stereocenters. The van der Waals surface area contributed by atoms with Gasteiger partial charge in [-0.1, -0.05) is 27.5 Å². The summed E-state index contributed by atoms with van der Waals surface area (Å²) in [7, 11) is 0. The first kappa shape index (κ1) is 14.0. The van der Waals surface area contributed by atoms with E-state index in [1.54, 1.807) is 0 Å². The molecule has 20 heavy (non-hydrogen) atoms. The highest BCUT2D eigenvalue weighted by atomic mass is 79.9. The van der Waals surface area contributed by atoms with Crippen LogP contribution in [0, 0.1) is 0 Å². The van der Waals surface area contributed by atoms with Crippen molar-refractivity contribution >= 4 is 27.5 Å². The van der Waals surface area contributed by atoms with Crippen LogP contribution in [0.25, 0.3) is 0 Å². The Morgan fingerprint density at radius 3 is 3.15 bits per heavy atom. The maximum absolute atomic E-state index is 6.20. The van der Waals surface area contributed by atoms with Crippen LogP contribution in [0.2, 0.25) is 5.02 Å². The van der Waals surface area contributed by atoms with E-state index in [0.717, 1.165) is 39.7 Å². The maximum atomic E-state index is 6.20. The van der Waals surface area contributed by atoms with Crippen molar-refractivity contribution in [3.8, 4) is 0 Å². The van der Waals surface area contributed by atoms with E-state index in [1.165, 1.54) is 6.42 Å². The number of aromatic nitrogens is 3. The van der Waals surface area contributed by atoms with Crippen molar-refractivity contribution in [3.05, 3.63) is 44.9 Å². The van der Waals surface area contributed by atoms with Gasteiger partial charge in [-0.05, 0) is 37.1 Å². The van der Waals surface area contributed by atoms with Gasteiger partial charge in [0.1, 0.15) is 11.6 Å². The molecule has 1 unspecified atom stereocenters. The standard InChI is InChI=1S/C14H16BrClN4/c1-9(14-19-18-13-3-2-6-20(13)14)17-8-10-7-11(15)4-5-12(10)16/h4-5,7,9,17H,2-3,6,8H2,1H3. The highest BCUT2D eigenvalue weighted by Gasteiger charge is 2.21. The van der Waals surface area contributed by atoms with Gasteiger partial charge in [0.2, 0.25) is 0 Å². The van der Waals surface area contributed by atoms with Crippen LogP contribution in [-0.2, 0) is 19.5 Å². The molecule has 0 bridgehead atoms. The zero-order valence-electron chi connectivity index (χ0n) is 11.2. The summed E-state index contributed by atoms with van der Waals surface area (Å²) in [6.45, 7) is 3.85. The monoisotopic (exact) mass is 354 g/mol. The van der Waals surface area contributed by atoms with Gasteiger partial charge in [0.25, 0.3) is 0 Å². The molecule has 2 heterocycles. The molecule has 0 amide bonds. The van der Waals surface area contributed by atoms with Crippen LogP contribution in [-0.4, -0.2) is 14.8 Å². The molecule has 0 spiro atoms. The number of rotatable bonds is 4. The van der Waals surface area contributed by atoms with Crippen molar-refractivity contribution in [1.82, 2.24) is 20.1 Å². The molecule has 106 valence electrons. The summed E-state index contributed by atoms with van der Waals surface area (Å²) in [5, 5.41) is 12.8. The zero-order chi connectivity index (χ0) is 14.1. The summed E-state index contributed by atoms with van der Waals surface area (Å²) in [5.74, 6) is 2.12. The first-order chi connectivity index (χ1) is 9.65. The SMILES string of the molecule is CC(NCc1cc(Br)ccc1Cl)c1nnc2n1CCC2. The van der Waals surface area contributed by atoms with Crippen LogP contribution in [0.15, 0.2) is 22.7 Å². The third-order valence-corrected chi connectivity index (χ3v) is 4.49. The van der Waals surface area contributed by atoms with Gasteiger partial charge < -0.3 is 9.88 Å². The second-order valence-corrected chi connectivity index (χ2v) is 6.39. The van der Waals surface area contributed by atoms with Crippen molar-refractivity contribution in [2.24, 2.45) is 0 Å². The number of nitrogens with one attached hydrogen (secondary N) is 1. The average Bonchev–Trinajstić information content (AvgIpc) is 3.02. The topological polar surface area (TPSA) is 42.7 Å². The van der Waals surface area contributed by atoms with E-state index in [9.17, 15) is 0 Å². The number of nitrogens with zero attached hydrogens (tertiary/aromatic N) is 3. The quantitative estimate of drug-likeness (QED) is 0.913. The van der Waals surface area contributed by atoms with E-state index < -0.39 is 0 Å². The molecular formula is C14H16BrClN4. The van der Waals surface area contributed by atoms with Crippen molar-refractivity contribution in [2.75, 3.05) is 0 Å². The second kappa shape index (κ2) is 5.84.